The molecule has 1 aliphatic carbocycles. The molecule has 1 saturated heterocycles. The average Bonchev–Trinajstić information content (AvgIpc) is 3.46. The topological polar surface area (TPSA) is 72.9 Å². The van der Waals surface area contributed by atoms with Crippen molar-refractivity contribution in [3.8, 4) is 5.75 Å². The van der Waals surface area contributed by atoms with Crippen molar-refractivity contribution in [2.45, 2.75) is 19.3 Å². The minimum Gasteiger partial charge on any atom is -0.425 e. The first kappa shape index (κ1) is 19.0. The van der Waals surface area contributed by atoms with Gasteiger partial charge in [-0.05, 0) is 12.5 Å². The molecular formula is C24H23NO5. The van der Waals surface area contributed by atoms with Gasteiger partial charge in [0.15, 0.2) is 11.2 Å². The molecule has 2 aromatic rings. The van der Waals surface area contributed by atoms with Crippen LogP contribution >= 0.6 is 0 Å². The Labute approximate surface area is 174 Å². The minimum absolute atomic E-state index is 0.175. The molecule has 3 atom stereocenters. The molecule has 3 aliphatic rings. The van der Waals surface area contributed by atoms with Crippen molar-refractivity contribution >= 4 is 17.7 Å². The zero-order chi connectivity index (χ0) is 20.9. The number of carbonyl (C=O) groups is 3. The van der Waals surface area contributed by atoms with E-state index in [1.807, 2.05) is 25.1 Å². The van der Waals surface area contributed by atoms with Crippen molar-refractivity contribution in [3.63, 3.8) is 0 Å². The first-order chi connectivity index (χ1) is 14.6. The van der Waals surface area contributed by atoms with Gasteiger partial charge in [0.05, 0.1) is 18.6 Å². The third-order valence-electron chi connectivity index (χ3n) is 6.94. The quantitative estimate of drug-likeness (QED) is 0.339. The number of nitrogens with zero attached hydrogens (tertiary/aromatic N) is 1. The summed E-state index contributed by atoms with van der Waals surface area (Å²) in [4.78, 5) is 42.9. The number of hydrogen-bond donors (Lipinski definition) is 0. The summed E-state index contributed by atoms with van der Waals surface area (Å²) in [6, 6.07) is 16.2. The number of ether oxygens (including phenoxy) is 2. The monoisotopic (exact) mass is 405 g/mol. The van der Waals surface area contributed by atoms with E-state index in [9.17, 15) is 14.4 Å². The number of Topliss-reactive ketones (excluding diaryl/α,β-unsaturated/α-hetero) is 1. The molecule has 5 rings (SSSR count). The molecule has 0 bridgehead atoms. The SMILES string of the molecule is CC[C@]1(C(=O)c2ccccc2)[C@@H]2c3ccccc3OC(=O)[C@]21C(=O)N1CCOCC1. The van der Waals surface area contributed by atoms with Gasteiger partial charge in [0, 0.05) is 30.1 Å². The molecule has 6 heteroatoms. The molecule has 0 N–H and O–H groups in total. The number of morpholine rings is 1. The van der Waals surface area contributed by atoms with E-state index in [2.05, 4.69) is 0 Å². The van der Waals surface area contributed by atoms with Gasteiger partial charge in [-0.2, -0.15) is 0 Å². The van der Waals surface area contributed by atoms with E-state index in [1.165, 1.54) is 0 Å². The van der Waals surface area contributed by atoms with Crippen molar-refractivity contribution in [3.05, 3.63) is 65.7 Å². The molecule has 2 heterocycles. The standard InChI is InChI=1S/C24H23NO5/c1-2-23(20(26)16-8-4-3-5-9-16)19-17-10-6-7-11-18(17)30-22(28)24(19,23)21(27)25-12-14-29-15-13-25/h3-11,19H,2,12-15H2,1H3/t19-,23+,24+/m0/s1. The van der Waals surface area contributed by atoms with Crippen molar-refractivity contribution in [2.24, 2.45) is 10.8 Å². The van der Waals surface area contributed by atoms with Crippen LogP contribution < -0.4 is 4.74 Å². The summed E-state index contributed by atoms with van der Waals surface area (Å²) < 4.78 is 11.1. The molecule has 2 aliphatic heterocycles. The van der Waals surface area contributed by atoms with E-state index in [0.717, 1.165) is 5.56 Å². The first-order valence-electron chi connectivity index (χ1n) is 10.4. The van der Waals surface area contributed by atoms with Gasteiger partial charge in [-0.15, -0.1) is 0 Å². The zero-order valence-corrected chi connectivity index (χ0v) is 16.8. The van der Waals surface area contributed by atoms with Crippen LogP contribution in [0, 0.1) is 10.8 Å². The molecule has 1 amide bonds. The van der Waals surface area contributed by atoms with Crippen LogP contribution in [-0.4, -0.2) is 48.9 Å². The summed E-state index contributed by atoms with van der Waals surface area (Å²) in [6.07, 6.45) is 0.366. The normalized spacial score (nSPS) is 29.4. The largest absolute Gasteiger partial charge is 0.425 e. The number of carbonyl (C=O) groups excluding carboxylic acids is 3. The number of fused-ring (bicyclic) bond motifs is 3. The van der Waals surface area contributed by atoms with Crippen LogP contribution in [0.1, 0.15) is 35.2 Å². The van der Waals surface area contributed by atoms with E-state index in [-0.39, 0.29) is 11.7 Å². The van der Waals surface area contributed by atoms with E-state index in [1.54, 1.807) is 41.3 Å². The molecule has 154 valence electrons. The Kier molecular flexibility index (Phi) is 4.29. The number of esters is 1. The minimum atomic E-state index is -1.53. The van der Waals surface area contributed by atoms with Crippen molar-refractivity contribution in [1.29, 1.82) is 0 Å². The lowest BCUT2D eigenvalue weighted by Gasteiger charge is -2.32. The predicted molar refractivity (Wildman–Crippen MR) is 108 cm³/mol. The van der Waals surface area contributed by atoms with Crippen molar-refractivity contribution in [1.82, 2.24) is 4.90 Å². The average molecular weight is 405 g/mol. The van der Waals surface area contributed by atoms with Gasteiger partial charge < -0.3 is 14.4 Å². The number of rotatable bonds is 4. The van der Waals surface area contributed by atoms with Crippen LogP contribution in [0.15, 0.2) is 54.6 Å². The van der Waals surface area contributed by atoms with Gasteiger partial charge in [-0.3, -0.25) is 14.4 Å². The third kappa shape index (κ3) is 2.25. The fraction of sp³-hybridized carbons (Fsp3) is 0.375. The van der Waals surface area contributed by atoms with Crippen LogP contribution in [0.5, 0.6) is 5.75 Å². The van der Waals surface area contributed by atoms with Gasteiger partial charge in [0.25, 0.3) is 0 Å². The zero-order valence-electron chi connectivity index (χ0n) is 16.8. The Morgan fingerprint density at radius 2 is 1.70 bits per heavy atom. The summed E-state index contributed by atoms with van der Waals surface area (Å²) in [5.74, 6) is -1.20. The molecule has 0 unspecified atom stereocenters. The molecule has 0 spiro atoms. The van der Waals surface area contributed by atoms with Crippen LogP contribution in [0.2, 0.25) is 0 Å². The summed E-state index contributed by atoms with van der Waals surface area (Å²) in [7, 11) is 0. The Morgan fingerprint density at radius 3 is 2.40 bits per heavy atom. The lowest BCUT2D eigenvalue weighted by atomic mass is 9.82. The van der Waals surface area contributed by atoms with E-state index < -0.39 is 22.7 Å². The lowest BCUT2D eigenvalue weighted by Crippen LogP contribution is -2.51. The van der Waals surface area contributed by atoms with Gasteiger partial charge in [-0.1, -0.05) is 55.5 Å². The predicted octanol–water partition coefficient (Wildman–Crippen LogP) is 2.83. The molecule has 2 aromatic carbocycles. The second-order valence-electron chi connectivity index (χ2n) is 8.09. The Balaban J connectivity index is 1.70. The summed E-state index contributed by atoms with van der Waals surface area (Å²) in [5, 5.41) is 0. The molecule has 1 saturated carbocycles. The van der Waals surface area contributed by atoms with E-state index >= 15 is 0 Å². The van der Waals surface area contributed by atoms with Crippen LogP contribution in [-0.2, 0) is 14.3 Å². The van der Waals surface area contributed by atoms with Gasteiger partial charge in [0.1, 0.15) is 5.75 Å². The fourth-order valence-electron chi connectivity index (χ4n) is 5.54. The Bertz CT molecular complexity index is 1030. The molecule has 0 aromatic heterocycles. The highest BCUT2D eigenvalue weighted by Gasteiger charge is 2.89. The fourth-order valence-corrected chi connectivity index (χ4v) is 5.54. The van der Waals surface area contributed by atoms with Crippen molar-refractivity contribution in [2.75, 3.05) is 26.3 Å². The highest BCUT2D eigenvalue weighted by Crippen LogP contribution is 2.80. The summed E-state index contributed by atoms with van der Waals surface area (Å²) >= 11 is 0. The first-order valence-corrected chi connectivity index (χ1v) is 10.4. The summed E-state index contributed by atoms with van der Waals surface area (Å²) in [5.41, 5.74) is -1.42. The molecule has 6 nitrogen and oxygen atoms in total. The third-order valence-corrected chi connectivity index (χ3v) is 6.94. The molecule has 30 heavy (non-hydrogen) atoms. The van der Waals surface area contributed by atoms with Crippen molar-refractivity contribution < 1.29 is 23.9 Å². The summed E-state index contributed by atoms with van der Waals surface area (Å²) in [6.45, 7) is 3.53. The smallest absolute Gasteiger partial charge is 0.328 e. The van der Waals surface area contributed by atoms with Gasteiger partial charge in [-0.25, -0.2) is 0 Å². The molecule has 2 fully saturated rings. The molecule has 0 radical (unpaired) electrons. The lowest BCUT2D eigenvalue weighted by molar-refractivity contribution is -0.156. The second kappa shape index (κ2) is 6.77. The number of para-hydroxylation sites is 1. The maximum absolute atomic E-state index is 13.9. The number of hydrogen-bond acceptors (Lipinski definition) is 5. The highest BCUT2D eigenvalue weighted by molar-refractivity contribution is 6.21. The maximum atomic E-state index is 13.9. The van der Waals surface area contributed by atoms with Gasteiger partial charge in [0.2, 0.25) is 5.91 Å². The maximum Gasteiger partial charge on any atom is 0.328 e. The number of ketones is 1. The van der Waals surface area contributed by atoms with Crippen LogP contribution in [0.25, 0.3) is 0 Å². The number of benzene rings is 2. The van der Waals surface area contributed by atoms with E-state index in [4.69, 9.17) is 9.47 Å². The van der Waals surface area contributed by atoms with E-state index in [0.29, 0.717) is 44.0 Å². The van der Waals surface area contributed by atoms with Gasteiger partial charge >= 0.3 is 5.97 Å². The highest BCUT2D eigenvalue weighted by atomic mass is 16.5. The second-order valence-corrected chi connectivity index (χ2v) is 8.09. The van der Waals surface area contributed by atoms with Crippen LogP contribution in [0.3, 0.4) is 0 Å². The Morgan fingerprint density at radius 1 is 1.03 bits per heavy atom. The molecular weight excluding hydrogens is 382 g/mol. The number of amides is 1. The van der Waals surface area contributed by atoms with Crippen LogP contribution in [0.4, 0.5) is 0 Å². The Hall–Kier alpha value is -2.99.